The molecule has 0 unspecified atom stereocenters. The number of amides is 2. The molecule has 2 aromatic carbocycles. The number of nitrogens with one attached hydrogen (secondary N) is 1. The summed E-state index contributed by atoms with van der Waals surface area (Å²) in [5.41, 5.74) is 0.995. The fraction of sp³-hybridized carbons (Fsp3) is 0.364. The molecule has 1 aliphatic rings. The molecule has 30 heavy (non-hydrogen) atoms. The smallest absolute Gasteiger partial charge is 0.254 e. The third kappa shape index (κ3) is 5.27. The average Bonchev–Trinajstić information content (AvgIpc) is 2.79. The van der Waals surface area contributed by atoms with Crippen molar-refractivity contribution in [2.45, 2.75) is 0 Å². The Bertz CT molecular complexity index is 880. The number of carbonyl (C=O) groups is 2. The van der Waals surface area contributed by atoms with Gasteiger partial charge in [0.1, 0.15) is 5.82 Å². The first kappa shape index (κ1) is 21.6. The van der Waals surface area contributed by atoms with E-state index in [9.17, 15) is 14.0 Å². The molecule has 1 N–H and O–H groups in total. The highest BCUT2D eigenvalue weighted by Gasteiger charge is 2.23. The number of hydrogen-bond acceptors (Lipinski definition) is 5. The monoisotopic (exact) mass is 415 g/mol. The third-order valence-electron chi connectivity index (χ3n) is 5.11. The third-order valence-corrected chi connectivity index (χ3v) is 5.11. The van der Waals surface area contributed by atoms with E-state index >= 15 is 0 Å². The van der Waals surface area contributed by atoms with Crippen molar-refractivity contribution in [2.75, 3.05) is 53.5 Å². The fourth-order valence-corrected chi connectivity index (χ4v) is 3.36. The lowest BCUT2D eigenvalue weighted by molar-refractivity contribution is 0.0637. The van der Waals surface area contributed by atoms with E-state index in [1.165, 1.54) is 24.3 Å². The van der Waals surface area contributed by atoms with Gasteiger partial charge in [0.15, 0.2) is 11.5 Å². The topological polar surface area (TPSA) is 71.1 Å². The SMILES string of the molecule is COc1ccc(C(=O)N2CCN(CCNC(=O)c3ccc(F)cc3)CC2)cc1OC. The molecule has 0 spiro atoms. The van der Waals surface area contributed by atoms with Gasteiger partial charge in [-0.2, -0.15) is 0 Å². The van der Waals surface area contributed by atoms with E-state index in [1.807, 2.05) is 4.90 Å². The highest BCUT2D eigenvalue weighted by Crippen LogP contribution is 2.28. The maximum Gasteiger partial charge on any atom is 0.254 e. The molecular formula is C22H26FN3O4. The number of ether oxygens (including phenoxy) is 2. The molecule has 3 rings (SSSR count). The van der Waals surface area contributed by atoms with Crippen LogP contribution in [0.25, 0.3) is 0 Å². The second kappa shape index (κ2) is 10.1. The lowest BCUT2D eigenvalue weighted by atomic mass is 10.1. The molecule has 160 valence electrons. The molecule has 2 amide bonds. The quantitative estimate of drug-likeness (QED) is 0.749. The molecule has 1 fully saturated rings. The summed E-state index contributed by atoms with van der Waals surface area (Å²) >= 11 is 0. The molecule has 0 bridgehead atoms. The Morgan fingerprint density at radius 3 is 2.20 bits per heavy atom. The number of benzene rings is 2. The van der Waals surface area contributed by atoms with Gasteiger partial charge in [0.05, 0.1) is 14.2 Å². The summed E-state index contributed by atoms with van der Waals surface area (Å²) in [5.74, 6) is 0.477. The van der Waals surface area contributed by atoms with Crippen LogP contribution in [0, 0.1) is 5.82 Å². The number of methoxy groups -OCH3 is 2. The number of hydrogen-bond donors (Lipinski definition) is 1. The molecule has 1 aliphatic heterocycles. The largest absolute Gasteiger partial charge is 0.493 e. The molecule has 2 aromatic rings. The number of rotatable bonds is 7. The minimum Gasteiger partial charge on any atom is -0.493 e. The van der Waals surface area contributed by atoms with Crippen LogP contribution in [0.5, 0.6) is 11.5 Å². The van der Waals surface area contributed by atoms with Gasteiger partial charge >= 0.3 is 0 Å². The Kier molecular flexibility index (Phi) is 7.24. The standard InChI is InChI=1S/C22H26FN3O4/c1-29-19-8-5-17(15-20(19)30-2)22(28)26-13-11-25(12-14-26)10-9-24-21(27)16-3-6-18(23)7-4-16/h3-8,15H,9-14H2,1-2H3,(H,24,27). The van der Waals surface area contributed by atoms with Crippen molar-refractivity contribution < 1.29 is 23.5 Å². The van der Waals surface area contributed by atoms with Crippen molar-refractivity contribution in [1.29, 1.82) is 0 Å². The Balaban J connectivity index is 1.45. The zero-order valence-corrected chi connectivity index (χ0v) is 17.2. The Labute approximate surface area is 175 Å². The predicted molar refractivity (Wildman–Crippen MR) is 111 cm³/mol. The zero-order valence-electron chi connectivity index (χ0n) is 17.2. The second-order valence-electron chi connectivity index (χ2n) is 6.97. The van der Waals surface area contributed by atoms with Crippen molar-refractivity contribution in [3.05, 3.63) is 59.4 Å². The van der Waals surface area contributed by atoms with Crippen molar-refractivity contribution in [1.82, 2.24) is 15.1 Å². The van der Waals surface area contributed by atoms with E-state index < -0.39 is 0 Å². The number of halogens is 1. The van der Waals surface area contributed by atoms with Crippen LogP contribution in [-0.2, 0) is 0 Å². The first-order valence-electron chi connectivity index (χ1n) is 9.79. The summed E-state index contributed by atoms with van der Waals surface area (Å²) in [6.07, 6.45) is 0. The van der Waals surface area contributed by atoms with E-state index in [-0.39, 0.29) is 17.6 Å². The van der Waals surface area contributed by atoms with Gasteiger partial charge in [-0.25, -0.2) is 4.39 Å². The molecule has 8 heteroatoms. The van der Waals surface area contributed by atoms with E-state index in [2.05, 4.69) is 10.2 Å². The van der Waals surface area contributed by atoms with E-state index in [0.717, 1.165) is 13.1 Å². The van der Waals surface area contributed by atoms with Crippen LogP contribution in [-0.4, -0.2) is 75.1 Å². The molecule has 0 saturated carbocycles. The molecule has 1 saturated heterocycles. The van der Waals surface area contributed by atoms with Gasteiger partial charge in [-0.1, -0.05) is 0 Å². The summed E-state index contributed by atoms with van der Waals surface area (Å²) in [6, 6.07) is 10.6. The molecular weight excluding hydrogens is 389 g/mol. The summed E-state index contributed by atoms with van der Waals surface area (Å²) in [6.45, 7) is 3.85. The average molecular weight is 415 g/mol. The van der Waals surface area contributed by atoms with E-state index in [4.69, 9.17) is 9.47 Å². The number of carbonyl (C=O) groups excluding carboxylic acids is 2. The highest BCUT2D eigenvalue weighted by molar-refractivity contribution is 5.95. The maximum atomic E-state index is 12.9. The normalized spacial score (nSPS) is 14.3. The Hall–Kier alpha value is -3.13. The minimum atomic E-state index is -0.368. The summed E-state index contributed by atoms with van der Waals surface area (Å²) in [7, 11) is 3.10. The summed E-state index contributed by atoms with van der Waals surface area (Å²) < 4.78 is 23.4. The van der Waals surface area contributed by atoms with Crippen LogP contribution in [0.15, 0.2) is 42.5 Å². The van der Waals surface area contributed by atoms with Crippen molar-refractivity contribution in [2.24, 2.45) is 0 Å². The van der Waals surface area contributed by atoms with Crippen LogP contribution < -0.4 is 14.8 Å². The maximum absolute atomic E-state index is 12.9. The molecule has 7 nitrogen and oxygen atoms in total. The van der Waals surface area contributed by atoms with Crippen LogP contribution in [0.4, 0.5) is 4.39 Å². The first-order chi connectivity index (χ1) is 14.5. The van der Waals surface area contributed by atoms with Crippen molar-refractivity contribution >= 4 is 11.8 Å². The van der Waals surface area contributed by atoms with Gasteiger partial charge in [0.25, 0.3) is 11.8 Å². The van der Waals surface area contributed by atoms with Gasteiger partial charge in [-0.15, -0.1) is 0 Å². The molecule has 1 heterocycles. The summed E-state index contributed by atoms with van der Waals surface area (Å²) in [4.78, 5) is 28.9. The lowest BCUT2D eigenvalue weighted by Gasteiger charge is -2.34. The van der Waals surface area contributed by atoms with Gasteiger partial charge in [-0.05, 0) is 42.5 Å². The van der Waals surface area contributed by atoms with E-state index in [0.29, 0.717) is 48.8 Å². The van der Waals surface area contributed by atoms with Gasteiger partial charge in [0.2, 0.25) is 0 Å². The van der Waals surface area contributed by atoms with Crippen molar-refractivity contribution in [3.8, 4) is 11.5 Å². The molecule has 0 aliphatic carbocycles. The highest BCUT2D eigenvalue weighted by atomic mass is 19.1. The van der Waals surface area contributed by atoms with Crippen LogP contribution in [0.1, 0.15) is 20.7 Å². The molecule has 0 radical (unpaired) electrons. The second-order valence-corrected chi connectivity index (χ2v) is 6.97. The Morgan fingerprint density at radius 2 is 1.57 bits per heavy atom. The fourth-order valence-electron chi connectivity index (χ4n) is 3.36. The number of nitrogens with zero attached hydrogens (tertiary/aromatic N) is 2. The zero-order chi connectivity index (χ0) is 21.5. The van der Waals surface area contributed by atoms with Gasteiger partial charge in [0, 0.05) is 50.4 Å². The number of piperazine rings is 1. The summed E-state index contributed by atoms with van der Waals surface area (Å²) in [5, 5.41) is 2.84. The van der Waals surface area contributed by atoms with Crippen LogP contribution in [0.2, 0.25) is 0 Å². The minimum absolute atomic E-state index is 0.0415. The van der Waals surface area contributed by atoms with Crippen LogP contribution in [0.3, 0.4) is 0 Å². The lowest BCUT2D eigenvalue weighted by Crippen LogP contribution is -2.50. The molecule has 0 atom stereocenters. The Morgan fingerprint density at radius 1 is 0.933 bits per heavy atom. The molecule has 0 aromatic heterocycles. The van der Waals surface area contributed by atoms with Crippen molar-refractivity contribution in [3.63, 3.8) is 0 Å². The van der Waals surface area contributed by atoms with E-state index in [1.54, 1.807) is 32.4 Å². The predicted octanol–water partition coefficient (Wildman–Crippen LogP) is 2.03. The van der Waals surface area contributed by atoms with Crippen LogP contribution >= 0.6 is 0 Å². The first-order valence-corrected chi connectivity index (χ1v) is 9.79. The van der Waals surface area contributed by atoms with Gasteiger partial charge in [-0.3, -0.25) is 14.5 Å². The van der Waals surface area contributed by atoms with Gasteiger partial charge < -0.3 is 19.7 Å².